The van der Waals surface area contributed by atoms with Crippen molar-refractivity contribution in [3.63, 3.8) is 0 Å². The van der Waals surface area contributed by atoms with Gasteiger partial charge in [-0.1, -0.05) is 0 Å². The summed E-state index contributed by atoms with van der Waals surface area (Å²) in [5.74, 6) is 0. The SMILES string of the molecule is FC(F)(F)c1ccc(-c2cnc3ccc(CN4CCN(C5COC5)CC4)nn23)s1. The van der Waals surface area contributed by atoms with Gasteiger partial charge in [0.25, 0.3) is 0 Å². The molecule has 29 heavy (non-hydrogen) atoms. The van der Waals surface area contributed by atoms with Gasteiger partial charge >= 0.3 is 6.18 Å². The highest BCUT2D eigenvalue weighted by molar-refractivity contribution is 7.15. The van der Waals surface area contributed by atoms with Gasteiger partial charge in [-0.05, 0) is 24.3 Å². The molecular weight excluding hydrogens is 403 g/mol. The van der Waals surface area contributed by atoms with Crippen LogP contribution in [0.25, 0.3) is 16.2 Å². The van der Waals surface area contributed by atoms with Gasteiger partial charge in [0.15, 0.2) is 5.65 Å². The number of alkyl halides is 3. The Kier molecular flexibility index (Phi) is 4.81. The lowest BCUT2D eigenvalue weighted by atomic mass is 10.2. The number of halogens is 3. The van der Waals surface area contributed by atoms with Crippen molar-refractivity contribution < 1.29 is 17.9 Å². The van der Waals surface area contributed by atoms with Crippen LogP contribution >= 0.6 is 11.3 Å². The summed E-state index contributed by atoms with van der Waals surface area (Å²) in [6, 6.07) is 6.96. The van der Waals surface area contributed by atoms with E-state index in [1.54, 1.807) is 10.7 Å². The summed E-state index contributed by atoms with van der Waals surface area (Å²) >= 11 is 0.712. The zero-order chi connectivity index (χ0) is 20.0. The summed E-state index contributed by atoms with van der Waals surface area (Å²) in [5.41, 5.74) is 2.09. The molecule has 0 aliphatic carbocycles. The normalized spacial score (nSPS) is 19.7. The molecule has 2 fully saturated rings. The number of thiophene rings is 1. The highest BCUT2D eigenvalue weighted by Crippen LogP contribution is 2.38. The van der Waals surface area contributed by atoms with Crippen molar-refractivity contribution in [3.8, 4) is 10.6 Å². The fourth-order valence-corrected chi connectivity index (χ4v) is 4.61. The molecule has 0 spiro atoms. The van der Waals surface area contributed by atoms with E-state index in [0.717, 1.165) is 51.2 Å². The van der Waals surface area contributed by atoms with Crippen LogP contribution in [0.1, 0.15) is 10.6 Å². The van der Waals surface area contributed by atoms with Gasteiger partial charge in [-0.2, -0.15) is 18.3 Å². The summed E-state index contributed by atoms with van der Waals surface area (Å²) in [6.07, 6.45) is -2.76. The number of piperazine rings is 1. The second-order valence-corrected chi connectivity index (χ2v) is 8.49. The summed E-state index contributed by atoms with van der Waals surface area (Å²) < 4.78 is 45.7. The molecule has 0 unspecified atom stereocenters. The van der Waals surface area contributed by atoms with E-state index in [1.807, 2.05) is 12.1 Å². The van der Waals surface area contributed by atoms with Gasteiger partial charge in [0.1, 0.15) is 10.6 Å². The second kappa shape index (κ2) is 7.35. The van der Waals surface area contributed by atoms with Gasteiger partial charge in [0.2, 0.25) is 0 Å². The third-order valence-electron chi connectivity index (χ3n) is 5.48. The van der Waals surface area contributed by atoms with Crippen LogP contribution in [0.4, 0.5) is 13.2 Å². The molecule has 0 bridgehead atoms. The van der Waals surface area contributed by atoms with E-state index in [1.165, 1.54) is 6.07 Å². The summed E-state index contributed by atoms with van der Waals surface area (Å²) in [4.78, 5) is 9.01. The first kappa shape index (κ1) is 19.0. The third kappa shape index (κ3) is 3.77. The molecule has 0 saturated carbocycles. The van der Waals surface area contributed by atoms with Gasteiger partial charge in [-0.3, -0.25) is 9.80 Å². The van der Waals surface area contributed by atoms with Crippen LogP contribution in [-0.4, -0.2) is 69.8 Å². The monoisotopic (exact) mass is 423 g/mol. The van der Waals surface area contributed by atoms with E-state index in [-0.39, 0.29) is 0 Å². The molecule has 2 aliphatic heterocycles. The first-order valence-corrected chi connectivity index (χ1v) is 10.3. The highest BCUT2D eigenvalue weighted by Gasteiger charge is 2.33. The molecule has 3 aromatic rings. The Morgan fingerprint density at radius 3 is 2.52 bits per heavy atom. The Balaban J connectivity index is 1.32. The molecule has 0 radical (unpaired) electrons. The van der Waals surface area contributed by atoms with Crippen LogP contribution < -0.4 is 0 Å². The topological polar surface area (TPSA) is 45.9 Å². The van der Waals surface area contributed by atoms with Gasteiger partial charge in [-0.25, -0.2) is 9.50 Å². The molecule has 0 aromatic carbocycles. The minimum absolute atomic E-state index is 0.505. The maximum Gasteiger partial charge on any atom is 0.425 e. The number of nitrogens with zero attached hydrogens (tertiary/aromatic N) is 5. The second-order valence-electron chi connectivity index (χ2n) is 7.40. The molecule has 3 aromatic heterocycles. The Hall–Kier alpha value is -2.01. The van der Waals surface area contributed by atoms with E-state index < -0.39 is 11.1 Å². The van der Waals surface area contributed by atoms with Crippen LogP contribution in [0.3, 0.4) is 0 Å². The van der Waals surface area contributed by atoms with Gasteiger partial charge in [0.05, 0.1) is 36.0 Å². The Morgan fingerprint density at radius 2 is 1.86 bits per heavy atom. The minimum atomic E-state index is -4.34. The van der Waals surface area contributed by atoms with E-state index >= 15 is 0 Å². The van der Waals surface area contributed by atoms with Gasteiger partial charge < -0.3 is 4.74 Å². The van der Waals surface area contributed by atoms with Crippen molar-refractivity contribution in [2.75, 3.05) is 39.4 Å². The van der Waals surface area contributed by atoms with Gasteiger partial charge in [-0.15, -0.1) is 11.3 Å². The molecule has 0 N–H and O–H groups in total. The van der Waals surface area contributed by atoms with Crippen LogP contribution in [-0.2, 0) is 17.5 Å². The lowest BCUT2D eigenvalue weighted by molar-refractivity contribution is -0.134. The molecule has 5 heterocycles. The van der Waals surface area contributed by atoms with Crippen LogP contribution in [0, 0.1) is 0 Å². The summed E-state index contributed by atoms with van der Waals surface area (Å²) in [5, 5.41) is 4.66. The van der Waals surface area contributed by atoms with Crippen molar-refractivity contribution in [2.24, 2.45) is 0 Å². The largest absolute Gasteiger partial charge is 0.425 e. The first-order valence-electron chi connectivity index (χ1n) is 9.52. The standard InChI is InChI=1S/C19H20F3N5OS/c20-19(21,22)17-3-2-16(29-17)15-9-23-18-4-1-13(24-27(15)18)10-25-5-7-26(8-6-25)14-11-28-12-14/h1-4,9,14H,5-8,10-12H2. The van der Waals surface area contributed by atoms with E-state index in [2.05, 4.69) is 19.9 Å². The Bertz CT molecular complexity index is 1000. The minimum Gasteiger partial charge on any atom is -0.378 e. The predicted molar refractivity (Wildman–Crippen MR) is 103 cm³/mol. The maximum atomic E-state index is 12.9. The quantitative estimate of drug-likeness (QED) is 0.646. The van der Waals surface area contributed by atoms with Crippen molar-refractivity contribution in [1.82, 2.24) is 24.4 Å². The molecule has 154 valence electrons. The molecule has 6 nitrogen and oxygen atoms in total. The average Bonchev–Trinajstić information content (AvgIpc) is 3.28. The summed E-state index contributed by atoms with van der Waals surface area (Å²) in [6.45, 7) is 6.34. The first-order chi connectivity index (χ1) is 14.0. The molecule has 2 aliphatic rings. The van der Waals surface area contributed by atoms with Crippen molar-refractivity contribution in [2.45, 2.75) is 18.8 Å². The Morgan fingerprint density at radius 1 is 1.07 bits per heavy atom. The third-order valence-corrected chi connectivity index (χ3v) is 6.64. The fraction of sp³-hybridized carbons (Fsp3) is 0.474. The number of aromatic nitrogens is 3. The molecule has 5 rings (SSSR count). The number of hydrogen-bond donors (Lipinski definition) is 0. The smallest absolute Gasteiger partial charge is 0.378 e. The number of imidazole rings is 1. The van der Waals surface area contributed by atoms with E-state index in [9.17, 15) is 13.2 Å². The predicted octanol–water partition coefficient (Wildman–Crippen LogP) is 2.99. The highest BCUT2D eigenvalue weighted by atomic mass is 32.1. The number of rotatable bonds is 4. The lowest BCUT2D eigenvalue weighted by Crippen LogP contribution is -2.56. The van der Waals surface area contributed by atoms with Crippen LogP contribution in [0.2, 0.25) is 0 Å². The Labute approximate surface area is 169 Å². The number of hydrogen-bond acceptors (Lipinski definition) is 6. The zero-order valence-electron chi connectivity index (χ0n) is 15.6. The molecular formula is C19H20F3N5OS. The molecule has 2 saturated heterocycles. The number of ether oxygens (including phenoxy) is 1. The van der Waals surface area contributed by atoms with E-state index in [4.69, 9.17) is 4.74 Å². The van der Waals surface area contributed by atoms with Crippen molar-refractivity contribution >= 4 is 17.0 Å². The molecule has 0 atom stereocenters. The van der Waals surface area contributed by atoms with E-state index in [0.29, 0.717) is 40.1 Å². The average molecular weight is 423 g/mol. The maximum absolute atomic E-state index is 12.9. The zero-order valence-corrected chi connectivity index (χ0v) is 16.4. The van der Waals surface area contributed by atoms with Crippen molar-refractivity contribution in [1.29, 1.82) is 0 Å². The summed E-state index contributed by atoms with van der Waals surface area (Å²) in [7, 11) is 0. The number of fused-ring (bicyclic) bond motifs is 1. The lowest BCUT2D eigenvalue weighted by Gasteiger charge is -2.42. The van der Waals surface area contributed by atoms with Gasteiger partial charge in [0, 0.05) is 32.7 Å². The van der Waals surface area contributed by atoms with Crippen LogP contribution in [0.15, 0.2) is 30.5 Å². The fourth-order valence-electron chi connectivity index (χ4n) is 3.74. The van der Waals surface area contributed by atoms with Crippen LogP contribution in [0.5, 0.6) is 0 Å². The molecule has 0 amide bonds. The molecule has 10 heteroatoms. The van der Waals surface area contributed by atoms with Crippen molar-refractivity contribution in [3.05, 3.63) is 41.0 Å².